The predicted octanol–water partition coefficient (Wildman–Crippen LogP) is 3.01. The van der Waals surface area contributed by atoms with Crippen molar-refractivity contribution in [3.8, 4) is 11.1 Å². The van der Waals surface area contributed by atoms with Gasteiger partial charge >= 0.3 is 12.1 Å². The van der Waals surface area contributed by atoms with Crippen molar-refractivity contribution in [2.75, 3.05) is 13.2 Å². The number of ether oxygens (including phenoxy) is 1. The molecule has 0 saturated carbocycles. The molecule has 2 N–H and O–H groups in total. The Hall–Kier alpha value is -4.14. The van der Waals surface area contributed by atoms with Gasteiger partial charge < -0.3 is 24.6 Å². The lowest BCUT2D eigenvalue weighted by Gasteiger charge is -2.37. The number of benzene rings is 2. The molecule has 9 nitrogen and oxygen atoms in total. The summed E-state index contributed by atoms with van der Waals surface area (Å²) < 4.78 is 10.4. The first-order chi connectivity index (χ1) is 16.0. The zero-order valence-corrected chi connectivity index (χ0v) is 17.6. The molecule has 33 heavy (non-hydrogen) atoms. The molecule has 0 bridgehead atoms. The van der Waals surface area contributed by atoms with Crippen LogP contribution in [0.3, 0.4) is 0 Å². The number of aromatic nitrogens is 1. The molecule has 1 saturated heterocycles. The highest BCUT2D eigenvalue weighted by Crippen LogP contribution is 2.44. The van der Waals surface area contributed by atoms with Gasteiger partial charge in [-0.05, 0) is 28.7 Å². The predicted molar refractivity (Wildman–Crippen MR) is 115 cm³/mol. The van der Waals surface area contributed by atoms with Gasteiger partial charge in [-0.25, -0.2) is 9.59 Å². The molecule has 168 valence electrons. The number of hydrogen-bond donors (Lipinski definition) is 2. The van der Waals surface area contributed by atoms with E-state index in [0.29, 0.717) is 13.0 Å². The Morgan fingerprint density at radius 2 is 1.76 bits per heavy atom. The second-order valence-electron chi connectivity index (χ2n) is 8.00. The van der Waals surface area contributed by atoms with Gasteiger partial charge in [0.2, 0.25) is 0 Å². The fraction of sp³-hybridized carbons (Fsp3) is 0.250. The van der Waals surface area contributed by atoms with E-state index in [-0.39, 0.29) is 30.3 Å². The van der Waals surface area contributed by atoms with E-state index in [1.54, 1.807) is 0 Å². The smallest absolute Gasteiger partial charge is 0.407 e. The van der Waals surface area contributed by atoms with E-state index >= 15 is 0 Å². The molecule has 2 amide bonds. The molecule has 3 aromatic rings. The van der Waals surface area contributed by atoms with E-state index in [1.807, 2.05) is 36.4 Å². The van der Waals surface area contributed by atoms with Crippen LogP contribution in [0.2, 0.25) is 0 Å². The average Bonchev–Trinajstić information content (AvgIpc) is 3.38. The number of carboxylic acids is 1. The van der Waals surface area contributed by atoms with Crippen molar-refractivity contribution >= 4 is 18.0 Å². The highest BCUT2D eigenvalue weighted by atomic mass is 16.5. The van der Waals surface area contributed by atoms with Crippen molar-refractivity contribution in [3.63, 3.8) is 0 Å². The number of alkyl carbamates (subject to hydrolysis) is 1. The Bertz CT molecular complexity index is 1190. The molecule has 1 aliphatic heterocycles. The maximum Gasteiger partial charge on any atom is 0.407 e. The number of nitrogens with one attached hydrogen (secondary N) is 1. The van der Waals surface area contributed by atoms with Gasteiger partial charge in [0.15, 0.2) is 0 Å². The molecule has 1 unspecified atom stereocenters. The minimum Gasteiger partial charge on any atom is -0.480 e. The molecule has 1 fully saturated rings. The Balaban J connectivity index is 1.21. The van der Waals surface area contributed by atoms with Crippen LogP contribution in [0.25, 0.3) is 11.1 Å². The highest BCUT2D eigenvalue weighted by Gasteiger charge is 2.39. The molecule has 0 spiro atoms. The summed E-state index contributed by atoms with van der Waals surface area (Å²) in [6.45, 7) is 0.429. The van der Waals surface area contributed by atoms with Gasteiger partial charge in [-0.3, -0.25) is 4.79 Å². The van der Waals surface area contributed by atoms with Gasteiger partial charge in [-0.1, -0.05) is 53.7 Å². The minimum absolute atomic E-state index is 0.0632. The second kappa shape index (κ2) is 8.42. The largest absolute Gasteiger partial charge is 0.480 e. The number of nitrogens with zero attached hydrogens (tertiary/aromatic N) is 2. The third kappa shape index (κ3) is 3.71. The van der Waals surface area contributed by atoms with Crippen LogP contribution in [0.4, 0.5) is 4.79 Å². The molecular formula is C24H21N3O6. The van der Waals surface area contributed by atoms with E-state index < -0.39 is 24.0 Å². The fourth-order valence-electron chi connectivity index (χ4n) is 4.41. The number of fused-ring (bicyclic) bond motifs is 3. The number of carboxylic acid groups (broad SMARTS) is 1. The summed E-state index contributed by atoms with van der Waals surface area (Å²) >= 11 is 0. The summed E-state index contributed by atoms with van der Waals surface area (Å²) in [5.74, 6) is -1.60. The van der Waals surface area contributed by atoms with Gasteiger partial charge in [0.05, 0.1) is 6.54 Å². The first-order valence-electron chi connectivity index (χ1n) is 10.6. The van der Waals surface area contributed by atoms with Crippen LogP contribution in [0.15, 0.2) is 59.3 Å². The lowest BCUT2D eigenvalue weighted by Crippen LogP contribution is -2.55. The Kier molecular flexibility index (Phi) is 5.29. The Morgan fingerprint density at radius 3 is 2.36 bits per heavy atom. The van der Waals surface area contributed by atoms with Gasteiger partial charge in [0.25, 0.3) is 5.91 Å². The van der Waals surface area contributed by atoms with Crippen molar-refractivity contribution in [2.45, 2.75) is 24.9 Å². The van der Waals surface area contributed by atoms with E-state index in [4.69, 9.17) is 14.4 Å². The molecule has 1 atom stereocenters. The minimum atomic E-state index is -1.05. The quantitative estimate of drug-likeness (QED) is 0.596. The fourth-order valence-corrected chi connectivity index (χ4v) is 4.41. The van der Waals surface area contributed by atoms with Crippen molar-refractivity contribution in [2.24, 2.45) is 0 Å². The number of amides is 2. The Labute approximate surface area is 188 Å². The van der Waals surface area contributed by atoms with Crippen molar-refractivity contribution in [3.05, 3.63) is 77.2 Å². The maximum absolute atomic E-state index is 12.6. The maximum atomic E-state index is 12.6. The topological polar surface area (TPSA) is 122 Å². The number of carbonyl (C=O) groups excluding carboxylic acids is 2. The molecule has 1 aliphatic carbocycles. The highest BCUT2D eigenvalue weighted by molar-refractivity contribution is 5.98. The standard InChI is InChI=1S/C24H21N3O6/c28-22(27-10-9-21(27)23(29)30)19-13-33-26-20(19)11-25-24(31)32-12-18-16-7-3-1-5-14(16)15-6-2-4-8-17(15)18/h1-8,13,18,21H,9-12H2,(H,25,31)(H,29,30). The van der Waals surface area contributed by atoms with Crippen molar-refractivity contribution < 1.29 is 28.8 Å². The molecule has 2 aromatic carbocycles. The van der Waals surface area contributed by atoms with E-state index in [0.717, 1.165) is 28.5 Å². The number of aliphatic carboxylic acids is 1. The van der Waals surface area contributed by atoms with Gasteiger partial charge in [-0.2, -0.15) is 0 Å². The van der Waals surface area contributed by atoms with Crippen LogP contribution in [0, 0.1) is 0 Å². The zero-order chi connectivity index (χ0) is 22.9. The molecular weight excluding hydrogens is 426 g/mol. The third-order valence-corrected chi connectivity index (χ3v) is 6.18. The molecule has 1 aromatic heterocycles. The van der Waals surface area contributed by atoms with Gasteiger partial charge in [0, 0.05) is 12.5 Å². The van der Waals surface area contributed by atoms with Gasteiger partial charge in [-0.15, -0.1) is 0 Å². The number of carbonyl (C=O) groups is 3. The summed E-state index contributed by atoms with van der Waals surface area (Å²) in [5, 5.41) is 15.5. The van der Waals surface area contributed by atoms with E-state index in [2.05, 4.69) is 22.6 Å². The lowest BCUT2D eigenvalue weighted by atomic mass is 9.98. The van der Waals surface area contributed by atoms with E-state index in [1.165, 1.54) is 4.90 Å². The monoisotopic (exact) mass is 447 g/mol. The zero-order valence-electron chi connectivity index (χ0n) is 17.6. The van der Waals surface area contributed by atoms with Crippen LogP contribution < -0.4 is 5.32 Å². The number of likely N-dealkylation sites (tertiary alicyclic amines) is 1. The summed E-state index contributed by atoms with van der Waals surface area (Å²) in [6, 6.07) is 15.2. The summed E-state index contributed by atoms with van der Waals surface area (Å²) in [4.78, 5) is 37.4. The van der Waals surface area contributed by atoms with Crippen molar-refractivity contribution in [1.82, 2.24) is 15.4 Å². The summed E-state index contributed by atoms with van der Waals surface area (Å²) in [7, 11) is 0. The average molecular weight is 447 g/mol. The first kappa shape index (κ1) is 20.7. The van der Waals surface area contributed by atoms with Crippen LogP contribution >= 0.6 is 0 Å². The molecule has 5 rings (SSSR count). The SMILES string of the molecule is O=C(NCc1nocc1C(=O)N1CCC1C(=O)O)OCC1c2ccccc2-c2ccccc21. The van der Waals surface area contributed by atoms with Gasteiger partial charge in [0.1, 0.15) is 30.2 Å². The summed E-state index contributed by atoms with van der Waals surface area (Å²) in [5.41, 5.74) is 4.83. The van der Waals surface area contributed by atoms with Crippen molar-refractivity contribution in [1.29, 1.82) is 0 Å². The molecule has 2 heterocycles. The second-order valence-corrected chi connectivity index (χ2v) is 8.00. The number of rotatable bonds is 6. The summed E-state index contributed by atoms with van der Waals surface area (Å²) in [6.07, 6.45) is 0.916. The van der Waals surface area contributed by atoms with Crippen LogP contribution in [0.1, 0.15) is 39.5 Å². The van der Waals surface area contributed by atoms with Crippen LogP contribution in [-0.4, -0.2) is 52.3 Å². The van der Waals surface area contributed by atoms with Crippen LogP contribution in [0.5, 0.6) is 0 Å². The lowest BCUT2D eigenvalue weighted by molar-refractivity contribution is -0.146. The molecule has 2 aliphatic rings. The molecule has 9 heteroatoms. The third-order valence-electron chi connectivity index (χ3n) is 6.18. The first-order valence-corrected chi connectivity index (χ1v) is 10.6. The number of hydrogen-bond acceptors (Lipinski definition) is 6. The Morgan fingerprint density at radius 1 is 1.09 bits per heavy atom. The normalized spacial score (nSPS) is 16.5. The van der Waals surface area contributed by atoms with E-state index in [9.17, 15) is 14.4 Å². The molecule has 0 radical (unpaired) electrons. The van der Waals surface area contributed by atoms with Crippen LogP contribution in [-0.2, 0) is 16.1 Å².